The van der Waals surface area contributed by atoms with Gasteiger partial charge in [-0.05, 0) is 55.7 Å². The summed E-state index contributed by atoms with van der Waals surface area (Å²) >= 11 is 0. The highest BCUT2D eigenvalue weighted by Gasteiger charge is 2.30. The summed E-state index contributed by atoms with van der Waals surface area (Å²) in [6.45, 7) is 0. The van der Waals surface area contributed by atoms with Crippen LogP contribution < -0.4 is 20.1 Å². The fraction of sp³-hybridized carbons (Fsp3) is 0.333. The summed E-state index contributed by atoms with van der Waals surface area (Å²) in [6.07, 6.45) is 2.35. The average molecular weight is 400 g/mol. The predicted octanol–water partition coefficient (Wildman–Crippen LogP) is 2.20. The van der Waals surface area contributed by atoms with E-state index < -0.39 is 0 Å². The number of carbonyl (C=O) groups excluding carboxylic acids is 2. The summed E-state index contributed by atoms with van der Waals surface area (Å²) in [5, 5.41) is 25.3. The molecule has 0 saturated heterocycles. The largest absolute Gasteiger partial charge is 0.504 e. The van der Waals surface area contributed by atoms with Gasteiger partial charge in [-0.25, -0.2) is 0 Å². The van der Waals surface area contributed by atoms with Crippen molar-refractivity contribution in [2.45, 2.75) is 31.3 Å². The molecule has 2 amide bonds. The van der Waals surface area contributed by atoms with Crippen LogP contribution in [-0.2, 0) is 0 Å². The van der Waals surface area contributed by atoms with E-state index in [-0.39, 0.29) is 46.9 Å². The highest BCUT2D eigenvalue weighted by molar-refractivity contribution is 5.96. The molecule has 1 fully saturated rings. The summed E-state index contributed by atoms with van der Waals surface area (Å²) < 4.78 is 10.1. The molecule has 0 aliphatic heterocycles. The van der Waals surface area contributed by atoms with Gasteiger partial charge in [-0.3, -0.25) is 9.59 Å². The summed E-state index contributed by atoms with van der Waals surface area (Å²) in [4.78, 5) is 25.2. The van der Waals surface area contributed by atoms with Crippen molar-refractivity contribution in [3.63, 3.8) is 0 Å². The molecule has 0 aromatic heterocycles. The Hall–Kier alpha value is -3.42. The molecule has 0 spiro atoms. The van der Waals surface area contributed by atoms with Gasteiger partial charge in [0.1, 0.15) is 0 Å². The van der Waals surface area contributed by atoms with Gasteiger partial charge in [0, 0.05) is 23.2 Å². The lowest BCUT2D eigenvalue weighted by molar-refractivity contribution is 0.0891. The first-order chi connectivity index (χ1) is 13.9. The predicted molar refractivity (Wildman–Crippen MR) is 106 cm³/mol. The van der Waals surface area contributed by atoms with Crippen LogP contribution in [0.15, 0.2) is 36.4 Å². The Morgan fingerprint density at radius 1 is 0.828 bits per heavy atom. The van der Waals surface area contributed by atoms with Crippen LogP contribution in [0.2, 0.25) is 0 Å². The van der Waals surface area contributed by atoms with E-state index in [0.29, 0.717) is 11.1 Å². The maximum absolute atomic E-state index is 12.6. The molecule has 2 aromatic carbocycles. The van der Waals surface area contributed by atoms with Crippen molar-refractivity contribution in [1.82, 2.24) is 10.6 Å². The molecule has 1 saturated carbocycles. The maximum atomic E-state index is 12.6. The molecular formula is C21H24N2O6. The van der Waals surface area contributed by atoms with Gasteiger partial charge in [-0.2, -0.15) is 0 Å². The van der Waals surface area contributed by atoms with Gasteiger partial charge >= 0.3 is 0 Å². The number of nitrogens with one attached hydrogen (secondary N) is 2. The van der Waals surface area contributed by atoms with Gasteiger partial charge in [0.05, 0.1) is 14.2 Å². The van der Waals surface area contributed by atoms with Crippen molar-refractivity contribution in [3.8, 4) is 23.0 Å². The van der Waals surface area contributed by atoms with Crippen LogP contribution in [0.25, 0.3) is 0 Å². The second-order valence-electron chi connectivity index (χ2n) is 6.86. The van der Waals surface area contributed by atoms with E-state index in [4.69, 9.17) is 9.47 Å². The molecule has 8 heteroatoms. The van der Waals surface area contributed by atoms with Crippen LogP contribution >= 0.6 is 0 Å². The van der Waals surface area contributed by atoms with Gasteiger partial charge in [-0.15, -0.1) is 0 Å². The zero-order valence-corrected chi connectivity index (χ0v) is 16.3. The average Bonchev–Trinajstić information content (AvgIpc) is 3.15. The normalized spacial score (nSPS) is 18.1. The van der Waals surface area contributed by atoms with Crippen LogP contribution in [0.1, 0.15) is 40.0 Å². The molecule has 29 heavy (non-hydrogen) atoms. The number of hydrogen-bond acceptors (Lipinski definition) is 6. The van der Waals surface area contributed by atoms with Crippen LogP contribution in [0.3, 0.4) is 0 Å². The third kappa shape index (κ3) is 4.53. The fourth-order valence-corrected chi connectivity index (χ4v) is 3.45. The zero-order valence-electron chi connectivity index (χ0n) is 16.3. The Kier molecular flexibility index (Phi) is 6.11. The molecule has 0 radical (unpaired) electrons. The van der Waals surface area contributed by atoms with Gasteiger partial charge in [0.25, 0.3) is 11.8 Å². The number of phenols is 2. The van der Waals surface area contributed by atoms with Gasteiger partial charge in [-0.1, -0.05) is 0 Å². The second-order valence-corrected chi connectivity index (χ2v) is 6.86. The van der Waals surface area contributed by atoms with Crippen molar-refractivity contribution >= 4 is 11.8 Å². The number of benzene rings is 2. The van der Waals surface area contributed by atoms with E-state index in [1.165, 1.54) is 50.6 Å². The van der Waals surface area contributed by atoms with Gasteiger partial charge in [0.15, 0.2) is 23.0 Å². The zero-order chi connectivity index (χ0) is 21.0. The Morgan fingerprint density at radius 3 is 1.62 bits per heavy atom. The van der Waals surface area contributed by atoms with Crippen molar-refractivity contribution in [2.24, 2.45) is 0 Å². The standard InChI is InChI=1S/C21H24N2O6/c1-28-18-10-12(6-8-16(18)24)20(26)22-14-4-3-5-15(14)23-21(27)13-7-9-17(25)19(11-13)29-2/h6-11,14-15,24-25H,3-5H2,1-2H3,(H,22,26)(H,23,27)/t14-,15+. The van der Waals surface area contributed by atoms with Crippen molar-refractivity contribution < 1.29 is 29.3 Å². The lowest BCUT2D eigenvalue weighted by atomic mass is 10.1. The number of aromatic hydroxyl groups is 2. The van der Waals surface area contributed by atoms with Crippen LogP contribution in [0.4, 0.5) is 0 Å². The molecule has 0 bridgehead atoms. The maximum Gasteiger partial charge on any atom is 0.251 e. The first-order valence-corrected chi connectivity index (χ1v) is 9.28. The molecule has 1 aliphatic carbocycles. The molecule has 3 rings (SSSR count). The summed E-state index contributed by atoms with van der Waals surface area (Å²) in [5.41, 5.74) is 0.722. The van der Waals surface area contributed by atoms with Crippen molar-refractivity contribution in [1.29, 1.82) is 0 Å². The number of methoxy groups -OCH3 is 2. The third-order valence-corrected chi connectivity index (χ3v) is 5.03. The first kappa shape index (κ1) is 20.3. The number of rotatable bonds is 6. The molecular weight excluding hydrogens is 376 g/mol. The van der Waals surface area contributed by atoms with Gasteiger partial charge in [0.2, 0.25) is 0 Å². The molecule has 0 unspecified atom stereocenters. The first-order valence-electron chi connectivity index (χ1n) is 9.28. The summed E-state index contributed by atoms with van der Waals surface area (Å²) in [5.74, 6) is -0.259. The lowest BCUT2D eigenvalue weighted by Crippen LogP contribution is -2.48. The van der Waals surface area contributed by atoms with E-state index in [1.807, 2.05) is 0 Å². The Morgan fingerprint density at radius 2 is 1.24 bits per heavy atom. The van der Waals surface area contributed by atoms with E-state index in [9.17, 15) is 19.8 Å². The monoisotopic (exact) mass is 400 g/mol. The highest BCUT2D eigenvalue weighted by Crippen LogP contribution is 2.28. The van der Waals surface area contributed by atoms with E-state index in [0.717, 1.165) is 19.3 Å². The van der Waals surface area contributed by atoms with Crippen molar-refractivity contribution in [3.05, 3.63) is 47.5 Å². The molecule has 2 atom stereocenters. The minimum atomic E-state index is -0.305. The quantitative estimate of drug-likeness (QED) is 0.591. The number of phenolic OH excluding ortho intramolecular Hbond substituents is 2. The molecule has 8 nitrogen and oxygen atoms in total. The van der Waals surface area contributed by atoms with E-state index >= 15 is 0 Å². The number of carbonyl (C=O) groups is 2. The van der Waals surface area contributed by atoms with Crippen LogP contribution in [-0.4, -0.2) is 48.3 Å². The third-order valence-electron chi connectivity index (χ3n) is 5.03. The fourth-order valence-electron chi connectivity index (χ4n) is 3.45. The number of ether oxygens (including phenoxy) is 2. The Labute approximate surface area is 168 Å². The van der Waals surface area contributed by atoms with Crippen LogP contribution in [0, 0.1) is 0 Å². The topological polar surface area (TPSA) is 117 Å². The molecule has 154 valence electrons. The SMILES string of the molecule is COc1cc(C(=O)N[C@H]2CCC[C@H]2NC(=O)c2ccc(O)c(OC)c2)ccc1O. The smallest absolute Gasteiger partial charge is 0.251 e. The number of amides is 2. The van der Waals surface area contributed by atoms with E-state index in [2.05, 4.69) is 10.6 Å². The lowest BCUT2D eigenvalue weighted by Gasteiger charge is -2.22. The second kappa shape index (κ2) is 8.72. The highest BCUT2D eigenvalue weighted by atomic mass is 16.5. The summed E-state index contributed by atoms with van der Waals surface area (Å²) in [6, 6.07) is 8.33. The number of hydrogen-bond donors (Lipinski definition) is 4. The van der Waals surface area contributed by atoms with Crippen LogP contribution in [0.5, 0.6) is 23.0 Å². The molecule has 0 heterocycles. The van der Waals surface area contributed by atoms with Gasteiger partial charge < -0.3 is 30.3 Å². The molecule has 4 N–H and O–H groups in total. The Bertz CT molecular complexity index is 841. The minimum Gasteiger partial charge on any atom is -0.504 e. The molecule has 1 aliphatic rings. The Balaban J connectivity index is 1.67. The minimum absolute atomic E-state index is 0.0422. The van der Waals surface area contributed by atoms with E-state index in [1.54, 1.807) is 0 Å². The summed E-state index contributed by atoms with van der Waals surface area (Å²) in [7, 11) is 2.83. The van der Waals surface area contributed by atoms with Crippen molar-refractivity contribution in [2.75, 3.05) is 14.2 Å². The molecule has 2 aromatic rings.